The second kappa shape index (κ2) is 6.06. The van der Waals surface area contributed by atoms with E-state index in [2.05, 4.69) is 9.69 Å². The van der Waals surface area contributed by atoms with Gasteiger partial charge in [-0.25, -0.2) is 0 Å². The fourth-order valence-corrected chi connectivity index (χ4v) is 4.55. The minimum atomic E-state index is 0.107. The van der Waals surface area contributed by atoms with Gasteiger partial charge in [0.1, 0.15) is 4.88 Å². The Kier molecular flexibility index (Phi) is 3.91. The van der Waals surface area contributed by atoms with Crippen LogP contribution in [0.5, 0.6) is 0 Å². The van der Waals surface area contributed by atoms with Gasteiger partial charge in [-0.1, -0.05) is 30.3 Å². The third-order valence-corrected chi connectivity index (χ3v) is 5.88. The fraction of sp³-hybridized carbons (Fsp3) is 0.444. The molecule has 1 aromatic heterocycles. The molecule has 120 valence electrons. The zero-order chi connectivity index (χ0) is 15.8. The average Bonchev–Trinajstić information content (AvgIpc) is 3.21. The molecule has 0 aliphatic carbocycles. The van der Waals surface area contributed by atoms with Crippen LogP contribution in [0.1, 0.15) is 35.4 Å². The van der Waals surface area contributed by atoms with Crippen molar-refractivity contribution < 1.29 is 4.79 Å². The summed E-state index contributed by atoms with van der Waals surface area (Å²) in [6, 6.07) is 13.5. The van der Waals surface area contributed by atoms with Gasteiger partial charge in [-0.2, -0.15) is 4.37 Å². The highest BCUT2D eigenvalue weighted by molar-refractivity contribution is 7.08. The van der Waals surface area contributed by atoms with Gasteiger partial charge in [-0.15, -0.1) is 0 Å². The Morgan fingerprint density at radius 2 is 1.91 bits per heavy atom. The molecule has 1 aromatic carbocycles. The van der Waals surface area contributed by atoms with Crippen LogP contribution in [-0.2, 0) is 0 Å². The van der Waals surface area contributed by atoms with Crippen molar-refractivity contribution >= 4 is 17.4 Å². The highest BCUT2D eigenvalue weighted by Gasteiger charge is 2.36. The number of fused-ring (bicyclic) bond motifs is 2. The fourth-order valence-electron chi connectivity index (χ4n) is 3.80. The van der Waals surface area contributed by atoms with E-state index >= 15 is 0 Å². The van der Waals surface area contributed by atoms with Gasteiger partial charge in [0.25, 0.3) is 5.91 Å². The van der Waals surface area contributed by atoms with Crippen LogP contribution in [0.2, 0.25) is 0 Å². The lowest BCUT2D eigenvalue weighted by Crippen LogP contribution is -2.48. The minimum Gasteiger partial charge on any atom is -0.338 e. The first-order chi connectivity index (χ1) is 11.2. The number of carbonyl (C=O) groups is 1. The van der Waals surface area contributed by atoms with Crippen LogP contribution >= 0.6 is 11.5 Å². The van der Waals surface area contributed by atoms with Crippen LogP contribution in [0.3, 0.4) is 0 Å². The molecular formula is C18H21N3OS. The zero-order valence-electron chi connectivity index (χ0n) is 13.2. The molecular weight excluding hydrogens is 306 g/mol. The van der Waals surface area contributed by atoms with Crippen LogP contribution in [0.4, 0.5) is 0 Å². The third-order valence-electron chi connectivity index (χ3n) is 5.11. The number of amides is 1. The summed E-state index contributed by atoms with van der Waals surface area (Å²) < 4.78 is 4.46. The Hall–Kier alpha value is -1.72. The van der Waals surface area contributed by atoms with Gasteiger partial charge >= 0.3 is 0 Å². The first kappa shape index (κ1) is 14.8. The van der Waals surface area contributed by atoms with Gasteiger partial charge in [0.05, 0.1) is 5.69 Å². The van der Waals surface area contributed by atoms with Crippen molar-refractivity contribution in [3.8, 4) is 11.3 Å². The summed E-state index contributed by atoms with van der Waals surface area (Å²) in [6.45, 7) is 0. The molecule has 2 atom stereocenters. The first-order valence-corrected chi connectivity index (χ1v) is 9.03. The Labute approximate surface area is 140 Å². The zero-order valence-corrected chi connectivity index (χ0v) is 14.1. The second-order valence-corrected chi connectivity index (χ2v) is 7.43. The SMILES string of the molecule is CN(C(=O)c1cc(-c2ccccc2)ns1)C1CC2CCC(C1)N2. The summed E-state index contributed by atoms with van der Waals surface area (Å²) in [6.07, 6.45) is 4.65. The Balaban J connectivity index is 1.49. The number of rotatable bonds is 3. The smallest absolute Gasteiger partial charge is 0.265 e. The predicted molar refractivity (Wildman–Crippen MR) is 92.6 cm³/mol. The molecule has 3 heterocycles. The van der Waals surface area contributed by atoms with E-state index in [0.717, 1.165) is 29.0 Å². The Morgan fingerprint density at radius 1 is 1.22 bits per heavy atom. The lowest BCUT2D eigenvalue weighted by atomic mass is 9.98. The third kappa shape index (κ3) is 2.91. The highest BCUT2D eigenvalue weighted by atomic mass is 32.1. The number of aromatic nitrogens is 1. The normalized spacial score (nSPS) is 26.2. The molecule has 2 bridgehead atoms. The largest absolute Gasteiger partial charge is 0.338 e. The van der Waals surface area contributed by atoms with Gasteiger partial charge in [0.15, 0.2) is 0 Å². The number of nitrogens with one attached hydrogen (secondary N) is 1. The number of hydrogen-bond donors (Lipinski definition) is 1. The molecule has 0 radical (unpaired) electrons. The molecule has 4 rings (SSSR count). The van der Waals surface area contributed by atoms with Gasteiger partial charge in [-0.3, -0.25) is 4.79 Å². The summed E-state index contributed by atoms with van der Waals surface area (Å²) in [5.74, 6) is 0.107. The molecule has 2 saturated heterocycles. The van der Waals surface area contributed by atoms with Crippen molar-refractivity contribution in [1.29, 1.82) is 0 Å². The maximum absolute atomic E-state index is 12.8. The van der Waals surface area contributed by atoms with E-state index in [0.29, 0.717) is 18.1 Å². The van der Waals surface area contributed by atoms with Crippen molar-refractivity contribution in [3.63, 3.8) is 0 Å². The molecule has 2 unspecified atom stereocenters. The summed E-state index contributed by atoms with van der Waals surface area (Å²) in [7, 11) is 1.94. The van der Waals surface area contributed by atoms with Gasteiger partial charge in [-0.05, 0) is 43.3 Å². The molecule has 1 amide bonds. The first-order valence-electron chi connectivity index (χ1n) is 8.26. The van der Waals surface area contributed by atoms with Crippen LogP contribution < -0.4 is 5.32 Å². The Morgan fingerprint density at radius 3 is 2.61 bits per heavy atom. The van der Waals surface area contributed by atoms with Crippen LogP contribution in [0, 0.1) is 0 Å². The molecule has 5 heteroatoms. The van der Waals surface area contributed by atoms with E-state index in [4.69, 9.17) is 0 Å². The quantitative estimate of drug-likeness (QED) is 0.942. The summed E-state index contributed by atoms with van der Waals surface area (Å²) in [4.78, 5) is 15.5. The monoisotopic (exact) mass is 327 g/mol. The van der Waals surface area contributed by atoms with Gasteiger partial charge < -0.3 is 10.2 Å². The Bertz CT molecular complexity index is 687. The van der Waals surface area contributed by atoms with Crippen molar-refractivity contribution in [1.82, 2.24) is 14.6 Å². The maximum Gasteiger partial charge on any atom is 0.265 e. The molecule has 0 saturated carbocycles. The standard InChI is InChI=1S/C18H21N3OS/c1-21(15-9-13-7-8-14(10-15)19-13)18(22)17-11-16(20-23-17)12-5-3-2-4-6-12/h2-6,11,13-15,19H,7-10H2,1H3. The molecule has 0 spiro atoms. The number of carbonyl (C=O) groups excluding carboxylic acids is 1. The lowest BCUT2D eigenvalue weighted by molar-refractivity contribution is 0.0686. The number of benzene rings is 1. The molecule has 2 fully saturated rings. The van der Waals surface area contributed by atoms with Gasteiger partial charge in [0, 0.05) is 30.7 Å². The summed E-state index contributed by atoms with van der Waals surface area (Å²) in [5.41, 5.74) is 1.95. The molecule has 2 aromatic rings. The number of nitrogens with zero attached hydrogens (tertiary/aromatic N) is 2. The molecule has 2 aliphatic heterocycles. The van der Waals surface area contributed by atoms with Crippen LogP contribution in [0.25, 0.3) is 11.3 Å². The van der Waals surface area contributed by atoms with Crippen molar-refractivity contribution in [2.45, 2.75) is 43.8 Å². The molecule has 4 nitrogen and oxygen atoms in total. The van der Waals surface area contributed by atoms with Crippen molar-refractivity contribution in [2.24, 2.45) is 0 Å². The van der Waals surface area contributed by atoms with Crippen molar-refractivity contribution in [2.75, 3.05) is 7.05 Å². The molecule has 2 aliphatic rings. The lowest BCUT2D eigenvalue weighted by Gasteiger charge is -2.35. The average molecular weight is 327 g/mol. The summed E-state index contributed by atoms with van der Waals surface area (Å²) >= 11 is 1.31. The molecule has 23 heavy (non-hydrogen) atoms. The van der Waals surface area contributed by atoms with E-state index in [9.17, 15) is 4.79 Å². The van der Waals surface area contributed by atoms with Gasteiger partial charge in [0.2, 0.25) is 0 Å². The van der Waals surface area contributed by atoms with E-state index in [-0.39, 0.29) is 5.91 Å². The summed E-state index contributed by atoms with van der Waals surface area (Å²) in [5, 5.41) is 3.63. The number of piperidine rings is 1. The second-order valence-electron chi connectivity index (χ2n) is 6.62. The van der Waals surface area contributed by atoms with Crippen LogP contribution in [-0.4, -0.2) is 40.4 Å². The predicted octanol–water partition coefficient (Wildman–Crippen LogP) is 3.17. The van der Waals surface area contributed by atoms with E-state index < -0.39 is 0 Å². The van der Waals surface area contributed by atoms with Crippen molar-refractivity contribution in [3.05, 3.63) is 41.3 Å². The van der Waals surface area contributed by atoms with E-state index in [1.54, 1.807) is 0 Å². The van der Waals surface area contributed by atoms with E-state index in [1.165, 1.54) is 24.4 Å². The minimum absolute atomic E-state index is 0.107. The van der Waals surface area contributed by atoms with Crippen LogP contribution in [0.15, 0.2) is 36.4 Å². The highest BCUT2D eigenvalue weighted by Crippen LogP contribution is 2.30. The van der Waals surface area contributed by atoms with E-state index in [1.807, 2.05) is 48.3 Å². The maximum atomic E-state index is 12.8. The number of hydrogen-bond acceptors (Lipinski definition) is 4. The molecule has 1 N–H and O–H groups in total. The topological polar surface area (TPSA) is 45.2 Å².